The Morgan fingerprint density at radius 1 is 1.39 bits per heavy atom. The molecule has 1 aromatic carbocycles. The van der Waals surface area contributed by atoms with E-state index in [9.17, 15) is 4.79 Å². The van der Waals surface area contributed by atoms with Crippen LogP contribution in [0.15, 0.2) is 24.3 Å². The molecular weight excluding hydrogens is 226 g/mol. The van der Waals surface area contributed by atoms with Crippen molar-refractivity contribution in [1.82, 2.24) is 5.32 Å². The van der Waals surface area contributed by atoms with Gasteiger partial charge in [-0.15, -0.1) is 0 Å². The maximum absolute atomic E-state index is 11.5. The molecule has 2 rings (SSSR count). The van der Waals surface area contributed by atoms with E-state index in [1.54, 1.807) is 0 Å². The zero-order chi connectivity index (χ0) is 13.0. The van der Waals surface area contributed by atoms with Crippen LogP contribution in [0.4, 0.5) is 0 Å². The van der Waals surface area contributed by atoms with Crippen molar-refractivity contribution in [2.24, 2.45) is 5.92 Å². The number of carbonyl (C=O) groups excluding carboxylic acids is 1. The van der Waals surface area contributed by atoms with Gasteiger partial charge in [-0.05, 0) is 49.9 Å². The molecule has 1 unspecified atom stereocenters. The fourth-order valence-corrected chi connectivity index (χ4v) is 2.43. The summed E-state index contributed by atoms with van der Waals surface area (Å²) < 4.78 is 4.98. The summed E-state index contributed by atoms with van der Waals surface area (Å²) in [6.45, 7) is 5.61. The average Bonchev–Trinajstić information content (AvgIpc) is 2.39. The quantitative estimate of drug-likeness (QED) is 0.835. The van der Waals surface area contributed by atoms with Gasteiger partial charge in [0.2, 0.25) is 0 Å². The number of hydrogen-bond acceptors (Lipinski definition) is 3. The summed E-state index contributed by atoms with van der Waals surface area (Å²) in [6.07, 6.45) is 2.41. The Morgan fingerprint density at radius 2 is 2.11 bits per heavy atom. The van der Waals surface area contributed by atoms with E-state index in [-0.39, 0.29) is 5.97 Å². The maximum Gasteiger partial charge on any atom is 0.338 e. The topological polar surface area (TPSA) is 38.3 Å². The number of hydrogen-bond donors (Lipinski definition) is 1. The van der Waals surface area contributed by atoms with E-state index in [1.165, 1.54) is 18.4 Å². The van der Waals surface area contributed by atoms with Crippen LogP contribution in [0.2, 0.25) is 0 Å². The molecule has 0 amide bonds. The largest absolute Gasteiger partial charge is 0.462 e. The number of benzene rings is 1. The van der Waals surface area contributed by atoms with Crippen LogP contribution < -0.4 is 5.32 Å². The Labute approximate surface area is 109 Å². The molecule has 0 aromatic heterocycles. The van der Waals surface area contributed by atoms with E-state index in [4.69, 9.17) is 4.74 Å². The molecular formula is C15H21NO2. The van der Waals surface area contributed by atoms with E-state index in [0.29, 0.717) is 18.2 Å². The van der Waals surface area contributed by atoms with Crippen LogP contribution >= 0.6 is 0 Å². The second-order valence-corrected chi connectivity index (χ2v) is 4.98. The fraction of sp³-hybridized carbons (Fsp3) is 0.533. The zero-order valence-corrected chi connectivity index (χ0v) is 11.1. The standard InChI is InChI=1S/C15H21NO2/c1-3-18-15(17)13-6-4-12(5-7-13)14-10-11(2)8-9-16-14/h4-7,11,14,16H,3,8-10H2,1-2H3/t11-,14?/m1/s1. The third-order valence-electron chi connectivity index (χ3n) is 3.49. The molecule has 0 bridgehead atoms. The monoisotopic (exact) mass is 247 g/mol. The highest BCUT2D eigenvalue weighted by atomic mass is 16.5. The molecule has 1 N–H and O–H groups in total. The van der Waals surface area contributed by atoms with E-state index >= 15 is 0 Å². The van der Waals surface area contributed by atoms with E-state index < -0.39 is 0 Å². The molecule has 1 heterocycles. The van der Waals surface area contributed by atoms with Crippen molar-refractivity contribution in [2.45, 2.75) is 32.7 Å². The van der Waals surface area contributed by atoms with Gasteiger partial charge >= 0.3 is 5.97 Å². The number of ether oxygens (including phenoxy) is 1. The van der Waals surface area contributed by atoms with E-state index in [0.717, 1.165) is 12.5 Å². The minimum Gasteiger partial charge on any atom is -0.462 e. The van der Waals surface area contributed by atoms with E-state index in [1.807, 2.05) is 31.2 Å². The first-order valence-electron chi connectivity index (χ1n) is 6.71. The lowest BCUT2D eigenvalue weighted by atomic mass is 9.90. The molecule has 3 heteroatoms. The predicted molar refractivity (Wildman–Crippen MR) is 71.5 cm³/mol. The average molecular weight is 247 g/mol. The van der Waals surface area contributed by atoms with Crippen LogP contribution in [-0.2, 0) is 4.74 Å². The third kappa shape index (κ3) is 3.10. The van der Waals surface area contributed by atoms with Gasteiger partial charge in [-0.3, -0.25) is 0 Å². The van der Waals surface area contributed by atoms with Crippen LogP contribution in [0, 0.1) is 5.92 Å². The lowest BCUT2D eigenvalue weighted by Gasteiger charge is -2.28. The van der Waals surface area contributed by atoms with E-state index in [2.05, 4.69) is 12.2 Å². The minimum atomic E-state index is -0.242. The third-order valence-corrected chi connectivity index (χ3v) is 3.49. The molecule has 1 aromatic rings. The Bertz CT molecular complexity index is 399. The Balaban J connectivity index is 2.05. The highest BCUT2D eigenvalue weighted by molar-refractivity contribution is 5.89. The molecule has 1 aliphatic rings. The fourth-order valence-electron chi connectivity index (χ4n) is 2.43. The molecule has 98 valence electrons. The highest BCUT2D eigenvalue weighted by Gasteiger charge is 2.19. The summed E-state index contributed by atoms with van der Waals surface area (Å²) in [5.41, 5.74) is 1.89. The number of piperidine rings is 1. The van der Waals surface area contributed by atoms with Crippen molar-refractivity contribution in [1.29, 1.82) is 0 Å². The normalized spacial score (nSPS) is 23.7. The van der Waals surface area contributed by atoms with Crippen LogP contribution in [0.1, 0.15) is 48.7 Å². The summed E-state index contributed by atoms with van der Waals surface area (Å²) in [5.74, 6) is 0.523. The molecule has 1 aliphatic heterocycles. The van der Waals surface area contributed by atoms with Gasteiger partial charge in [0.15, 0.2) is 0 Å². The van der Waals surface area contributed by atoms with Gasteiger partial charge in [0.1, 0.15) is 0 Å². The van der Waals surface area contributed by atoms with Gasteiger partial charge in [0.25, 0.3) is 0 Å². The van der Waals surface area contributed by atoms with Crippen LogP contribution in [-0.4, -0.2) is 19.1 Å². The highest BCUT2D eigenvalue weighted by Crippen LogP contribution is 2.26. The van der Waals surface area contributed by atoms with Gasteiger partial charge in [-0.1, -0.05) is 19.1 Å². The number of carbonyl (C=O) groups is 1. The van der Waals surface area contributed by atoms with Gasteiger partial charge in [-0.2, -0.15) is 0 Å². The van der Waals surface area contributed by atoms with Crippen molar-refractivity contribution in [3.8, 4) is 0 Å². The van der Waals surface area contributed by atoms with Gasteiger partial charge < -0.3 is 10.1 Å². The first kappa shape index (κ1) is 13.1. The van der Waals surface area contributed by atoms with Crippen molar-refractivity contribution < 1.29 is 9.53 Å². The Kier molecular flexibility index (Phi) is 4.37. The molecule has 1 saturated heterocycles. The molecule has 0 saturated carbocycles. The van der Waals surface area contributed by atoms with Crippen LogP contribution in [0.5, 0.6) is 0 Å². The molecule has 3 nitrogen and oxygen atoms in total. The van der Waals surface area contributed by atoms with Crippen molar-refractivity contribution in [3.63, 3.8) is 0 Å². The van der Waals surface area contributed by atoms with Crippen molar-refractivity contribution in [2.75, 3.05) is 13.2 Å². The zero-order valence-electron chi connectivity index (χ0n) is 11.1. The van der Waals surface area contributed by atoms with Crippen LogP contribution in [0.3, 0.4) is 0 Å². The predicted octanol–water partition coefficient (Wildman–Crippen LogP) is 2.92. The Hall–Kier alpha value is -1.35. The molecule has 0 aliphatic carbocycles. The first-order valence-corrected chi connectivity index (χ1v) is 6.71. The van der Waals surface area contributed by atoms with Gasteiger partial charge in [-0.25, -0.2) is 4.79 Å². The second kappa shape index (κ2) is 6.01. The van der Waals surface area contributed by atoms with Gasteiger partial charge in [0, 0.05) is 6.04 Å². The van der Waals surface area contributed by atoms with Crippen molar-refractivity contribution in [3.05, 3.63) is 35.4 Å². The summed E-state index contributed by atoms with van der Waals surface area (Å²) in [4.78, 5) is 11.5. The van der Waals surface area contributed by atoms with Crippen LogP contribution in [0.25, 0.3) is 0 Å². The molecule has 0 spiro atoms. The summed E-state index contributed by atoms with van der Waals surface area (Å²) in [7, 11) is 0. The Morgan fingerprint density at radius 3 is 2.72 bits per heavy atom. The lowest BCUT2D eigenvalue weighted by molar-refractivity contribution is 0.0526. The summed E-state index contributed by atoms with van der Waals surface area (Å²) in [6, 6.07) is 8.19. The second-order valence-electron chi connectivity index (χ2n) is 4.98. The lowest BCUT2D eigenvalue weighted by Crippen LogP contribution is -2.30. The smallest absolute Gasteiger partial charge is 0.338 e. The summed E-state index contributed by atoms with van der Waals surface area (Å²) in [5, 5.41) is 3.52. The molecule has 0 radical (unpaired) electrons. The first-order chi connectivity index (χ1) is 8.70. The minimum absolute atomic E-state index is 0.242. The molecule has 18 heavy (non-hydrogen) atoms. The number of esters is 1. The maximum atomic E-state index is 11.5. The SMILES string of the molecule is CCOC(=O)c1ccc(C2C[C@H](C)CCN2)cc1. The summed E-state index contributed by atoms with van der Waals surface area (Å²) >= 11 is 0. The molecule has 2 atom stereocenters. The number of nitrogens with one attached hydrogen (secondary N) is 1. The molecule has 1 fully saturated rings. The number of rotatable bonds is 3. The van der Waals surface area contributed by atoms with Gasteiger partial charge in [0.05, 0.1) is 12.2 Å². The van der Waals surface area contributed by atoms with Crippen molar-refractivity contribution >= 4 is 5.97 Å².